The predicted molar refractivity (Wildman–Crippen MR) is 97.0 cm³/mol. The van der Waals surface area contributed by atoms with Crippen LogP contribution in [0.3, 0.4) is 0 Å². The van der Waals surface area contributed by atoms with Crippen LogP contribution in [0.5, 0.6) is 5.75 Å². The van der Waals surface area contributed by atoms with Gasteiger partial charge in [-0.2, -0.15) is 10.4 Å². The molecule has 0 saturated heterocycles. The number of carbonyl (C=O) groups is 1. The van der Waals surface area contributed by atoms with Crippen LogP contribution < -0.4 is 10.1 Å². The Morgan fingerprint density at radius 1 is 1.25 bits per heavy atom. The molecule has 1 atom stereocenters. The summed E-state index contributed by atoms with van der Waals surface area (Å²) < 4.78 is 33.8. The van der Waals surface area contributed by atoms with Crippen molar-refractivity contribution in [2.45, 2.75) is 13.0 Å². The van der Waals surface area contributed by atoms with Gasteiger partial charge in [0.1, 0.15) is 29.1 Å². The van der Waals surface area contributed by atoms with Crippen LogP contribution in [0, 0.1) is 29.9 Å². The van der Waals surface area contributed by atoms with E-state index < -0.39 is 23.6 Å². The number of nitrogens with one attached hydrogen (secondary N) is 1. The first-order valence-corrected chi connectivity index (χ1v) is 8.29. The molecule has 6 nitrogen and oxygen atoms in total. The van der Waals surface area contributed by atoms with Crippen LogP contribution in [0.25, 0.3) is 5.69 Å². The fourth-order valence-corrected chi connectivity index (χ4v) is 2.68. The smallest absolute Gasteiger partial charge is 0.273 e. The summed E-state index contributed by atoms with van der Waals surface area (Å²) in [6.07, 6.45) is 1.58. The standard InChI is InChI=1S/C20H16F2N4O2/c1-12-3-6-19(28-2)18(9-12)26-8-7-16(25-26)20(27)24-17(11-23)14-5-4-13(21)10-15(14)22/h3-10,17H,1-2H3,(H,24,27). The minimum atomic E-state index is -1.29. The number of halogens is 2. The maximum absolute atomic E-state index is 13.9. The summed E-state index contributed by atoms with van der Waals surface area (Å²) in [5, 5.41) is 15.9. The number of methoxy groups -OCH3 is 1. The molecule has 0 bridgehead atoms. The molecule has 0 aliphatic rings. The molecule has 0 aliphatic carbocycles. The number of aromatic nitrogens is 2. The van der Waals surface area contributed by atoms with E-state index in [1.165, 1.54) is 17.9 Å². The normalized spacial score (nSPS) is 11.5. The van der Waals surface area contributed by atoms with Gasteiger partial charge in [0.2, 0.25) is 0 Å². The molecule has 0 saturated carbocycles. The Labute approximate surface area is 160 Å². The van der Waals surface area contributed by atoms with E-state index in [0.717, 1.165) is 17.7 Å². The Balaban J connectivity index is 1.84. The number of nitriles is 1. The second-order valence-electron chi connectivity index (χ2n) is 6.02. The number of hydrogen-bond acceptors (Lipinski definition) is 4. The van der Waals surface area contributed by atoms with E-state index in [9.17, 15) is 18.8 Å². The number of rotatable bonds is 5. The molecule has 1 unspecified atom stereocenters. The van der Waals surface area contributed by atoms with Gasteiger partial charge >= 0.3 is 0 Å². The topological polar surface area (TPSA) is 79.9 Å². The van der Waals surface area contributed by atoms with Gasteiger partial charge in [0, 0.05) is 17.8 Å². The summed E-state index contributed by atoms with van der Waals surface area (Å²) >= 11 is 0. The van der Waals surface area contributed by atoms with E-state index in [-0.39, 0.29) is 11.3 Å². The molecule has 2 aromatic carbocycles. The van der Waals surface area contributed by atoms with Crippen molar-refractivity contribution in [3.63, 3.8) is 0 Å². The van der Waals surface area contributed by atoms with Crippen molar-refractivity contribution in [1.82, 2.24) is 15.1 Å². The molecule has 0 radical (unpaired) electrons. The van der Waals surface area contributed by atoms with E-state index >= 15 is 0 Å². The highest BCUT2D eigenvalue weighted by Gasteiger charge is 2.21. The van der Waals surface area contributed by atoms with Crippen molar-refractivity contribution < 1.29 is 18.3 Å². The van der Waals surface area contributed by atoms with Crippen LogP contribution in [0.15, 0.2) is 48.7 Å². The van der Waals surface area contributed by atoms with E-state index in [2.05, 4.69) is 10.4 Å². The summed E-state index contributed by atoms with van der Waals surface area (Å²) in [7, 11) is 1.53. The molecule has 1 amide bonds. The molecule has 1 aromatic heterocycles. The van der Waals surface area contributed by atoms with E-state index in [4.69, 9.17) is 4.74 Å². The van der Waals surface area contributed by atoms with Crippen LogP contribution in [-0.2, 0) is 0 Å². The first-order valence-electron chi connectivity index (χ1n) is 8.29. The Bertz CT molecular complexity index is 1070. The van der Waals surface area contributed by atoms with Crippen LogP contribution in [0.4, 0.5) is 8.78 Å². The van der Waals surface area contributed by atoms with Crippen molar-refractivity contribution in [3.8, 4) is 17.5 Å². The van der Waals surface area contributed by atoms with Gasteiger partial charge in [-0.15, -0.1) is 0 Å². The summed E-state index contributed by atoms with van der Waals surface area (Å²) in [5.74, 6) is -1.78. The van der Waals surface area contributed by atoms with Gasteiger partial charge in [0.05, 0.1) is 13.2 Å². The predicted octanol–water partition coefficient (Wildman–Crippen LogP) is 3.46. The molecular weight excluding hydrogens is 366 g/mol. The molecule has 8 heteroatoms. The lowest BCUT2D eigenvalue weighted by Crippen LogP contribution is -2.28. The quantitative estimate of drug-likeness (QED) is 0.733. The Kier molecular flexibility index (Phi) is 5.36. The molecule has 3 rings (SSSR count). The third-order valence-corrected chi connectivity index (χ3v) is 4.08. The van der Waals surface area contributed by atoms with Gasteiger partial charge < -0.3 is 10.1 Å². The zero-order valence-corrected chi connectivity index (χ0v) is 15.1. The molecule has 0 aliphatic heterocycles. The van der Waals surface area contributed by atoms with Crippen LogP contribution in [0.1, 0.15) is 27.7 Å². The monoisotopic (exact) mass is 382 g/mol. The van der Waals surface area contributed by atoms with Crippen molar-refractivity contribution in [3.05, 3.63) is 77.1 Å². The Morgan fingerprint density at radius 2 is 2.04 bits per heavy atom. The zero-order valence-electron chi connectivity index (χ0n) is 15.1. The molecular formula is C20H16F2N4O2. The first kappa shape index (κ1) is 19.0. The molecule has 1 N–H and O–H groups in total. The minimum Gasteiger partial charge on any atom is -0.494 e. The molecule has 0 spiro atoms. The van der Waals surface area contributed by atoms with Gasteiger partial charge in [-0.25, -0.2) is 13.5 Å². The number of nitrogens with zero attached hydrogens (tertiary/aromatic N) is 3. The summed E-state index contributed by atoms with van der Waals surface area (Å²) in [5.41, 5.74) is 1.53. The van der Waals surface area contributed by atoms with E-state index in [0.29, 0.717) is 17.5 Å². The molecule has 1 heterocycles. The van der Waals surface area contributed by atoms with Gasteiger partial charge in [0.15, 0.2) is 5.69 Å². The zero-order chi connectivity index (χ0) is 20.3. The molecule has 0 fully saturated rings. The van der Waals surface area contributed by atoms with Crippen molar-refractivity contribution in [2.75, 3.05) is 7.11 Å². The van der Waals surface area contributed by atoms with Crippen LogP contribution >= 0.6 is 0 Å². The number of amides is 1. The van der Waals surface area contributed by atoms with Crippen molar-refractivity contribution in [2.24, 2.45) is 0 Å². The van der Waals surface area contributed by atoms with Crippen LogP contribution in [0.2, 0.25) is 0 Å². The Hall–Kier alpha value is -3.73. The largest absolute Gasteiger partial charge is 0.494 e. The highest BCUT2D eigenvalue weighted by molar-refractivity contribution is 5.92. The molecule has 142 valence electrons. The fourth-order valence-electron chi connectivity index (χ4n) is 2.68. The third-order valence-electron chi connectivity index (χ3n) is 4.08. The third kappa shape index (κ3) is 3.83. The lowest BCUT2D eigenvalue weighted by molar-refractivity contribution is 0.0939. The average Bonchev–Trinajstić information content (AvgIpc) is 3.16. The highest BCUT2D eigenvalue weighted by atomic mass is 19.1. The summed E-state index contributed by atoms with van der Waals surface area (Å²) in [6, 6.07) is 10.3. The number of aryl methyl sites for hydroxylation is 1. The lowest BCUT2D eigenvalue weighted by atomic mass is 10.1. The maximum atomic E-state index is 13.9. The van der Waals surface area contributed by atoms with E-state index in [1.807, 2.05) is 19.1 Å². The highest BCUT2D eigenvalue weighted by Crippen LogP contribution is 2.24. The van der Waals surface area contributed by atoms with Gasteiger partial charge in [-0.05, 0) is 36.8 Å². The number of hydrogen-bond donors (Lipinski definition) is 1. The number of benzene rings is 2. The Morgan fingerprint density at radius 3 is 2.71 bits per heavy atom. The molecule has 3 aromatic rings. The van der Waals surface area contributed by atoms with Gasteiger partial charge in [-0.1, -0.05) is 12.1 Å². The number of carbonyl (C=O) groups excluding carboxylic acids is 1. The average molecular weight is 382 g/mol. The summed E-state index contributed by atoms with van der Waals surface area (Å²) in [4.78, 5) is 12.5. The van der Waals surface area contributed by atoms with Gasteiger partial charge in [0.25, 0.3) is 5.91 Å². The maximum Gasteiger partial charge on any atom is 0.273 e. The number of ether oxygens (including phenoxy) is 1. The van der Waals surface area contributed by atoms with E-state index in [1.54, 1.807) is 18.3 Å². The lowest BCUT2D eigenvalue weighted by Gasteiger charge is -2.12. The van der Waals surface area contributed by atoms with Crippen molar-refractivity contribution in [1.29, 1.82) is 5.26 Å². The van der Waals surface area contributed by atoms with Crippen molar-refractivity contribution >= 4 is 5.91 Å². The van der Waals surface area contributed by atoms with Crippen LogP contribution in [-0.4, -0.2) is 22.8 Å². The first-order chi connectivity index (χ1) is 13.4. The fraction of sp³-hybridized carbons (Fsp3) is 0.150. The minimum absolute atomic E-state index is 0.0336. The second kappa shape index (κ2) is 7.88. The molecule has 28 heavy (non-hydrogen) atoms. The second-order valence-corrected chi connectivity index (χ2v) is 6.02. The summed E-state index contributed by atoms with van der Waals surface area (Å²) in [6.45, 7) is 1.91. The van der Waals surface area contributed by atoms with Gasteiger partial charge in [-0.3, -0.25) is 4.79 Å². The SMILES string of the molecule is COc1ccc(C)cc1-n1ccc(C(=O)NC(C#N)c2ccc(F)cc2F)n1.